The first-order valence-corrected chi connectivity index (χ1v) is 8.57. The Balaban J connectivity index is 1.75. The van der Waals surface area contributed by atoms with E-state index in [1.165, 1.54) is 19.3 Å². The van der Waals surface area contributed by atoms with E-state index in [0.29, 0.717) is 30.7 Å². The molecule has 2 aromatic rings. The first kappa shape index (κ1) is 16.2. The normalized spacial score (nSPS) is 24.0. The Hall–Kier alpha value is -1.65. The predicted octanol–water partition coefficient (Wildman–Crippen LogP) is 3.08. The van der Waals surface area contributed by atoms with E-state index in [-0.39, 0.29) is 0 Å². The second-order valence-electron chi connectivity index (χ2n) is 6.85. The van der Waals surface area contributed by atoms with Crippen molar-refractivity contribution in [3.63, 3.8) is 0 Å². The van der Waals surface area contributed by atoms with Crippen LogP contribution in [0.25, 0.3) is 10.9 Å². The molecule has 1 fully saturated rings. The molecular weight excluding hydrogens is 288 g/mol. The standard InChI is InChI=1S/C19H26N2O2/c1-14-6-5-7-15(2)21(14)12-17(23)11-20-10-16(13-22)18-8-3-4-9-19(18)20/h3-4,8-10,13-15,17,23H,5-7,11-12H2,1-2H3. The Morgan fingerprint density at radius 1 is 1.22 bits per heavy atom. The lowest BCUT2D eigenvalue weighted by molar-refractivity contribution is 0.0352. The molecule has 3 unspecified atom stereocenters. The average Bonchev–Trinajstić information content (AvgIpc) is 2.89. The molecule has 1 N–H and O–H groups in total. The minimum absolute atomic E-state index is 0.437. The van der Waals surface area contributed by atoms with Crippen LogP contribution in [0.15, 0.2) is 30.5 Å². The van der Waals surface area contributed by atoms with E-state index in [0.717, 1.165) is 17.2 Å². The predicted molar refractivity (Wildman–Crippen MR) is 92.8 cm³/mol. The monoisotopic (exact) mass is 314 g/mol. The van der Waals surface area contributed by atoms with Gasteiger partial charge in [-0.2, -0.15) is 0 Å². The molecule has 0 amide bonds. The summed E-state index contributed by atoms with van der Waals surface area (Å²) in [6.07, 6.45) is 6.00. The largest absolute Gasteiger partial charge is 0.390 e. The maximum Gasteiger partial charge on any atom is 0.152 e. The highest BCUT2D eigenvalue weighted by Crippen LogP contribution is 2.24. The van der Waals surface area contributed by atoms with E-state index in [2.05, 4.69) is 18.7 Å². The summed E-state index contributed by atoms with van der Waals surface area (Å²) in [7, 11) is 0. The highest BCUT2D eigenvalue weighted by molar-refractivity contribution is 5.97. The van der Waals surface area contributed by atoms with Crippen LogP contribution in [0.5, 0.6) is 0 Å². The van der Waals surface area contributed by atoms with Gasteiger partial charge in [0.05, 0.1) is 6.10 Å². The van der Waals surface area contributed by atoms with Gasteiger partial charge in [-0.3, -0.25) is 9.69 Å². The molecule has 0 aliphatic carbocycles. The van der Waals surface area contributed by atoms with Crippen molar-refractivity contribution in [2.45, 2.75) is 57.8 Å². The maximum absolute atomic E-state index is 11.2. The first-order chi connectivity index (χ1) is 11.1. The lowest BCUT2D eigenvalue weighted by Crippen LogP contribution is -2.47. The van der Waals surface area contributed by atoms with Gasteiger partial charge in [-0.05, 0) is 32.8 Å². The van der Waals surface area contributed by atoms with Gasteiger partial charge in [0.25, 0.3) is 0 Å². The van der Waals surface area contributed by atoms with Gasteiger partial charge >= 0.3 is 0 Å². The summed E-state index contributed by atoms with van der Waals surface area (Å²) < 4.78 is 2.00. The van der Waals surface area contributed by atoms with Gasteiger partial charge in [-0.25, -0.2) is 0 Å². The average molecular weight is 314 g/mol. The SMILES string of the molecule is CC1CCCC(C)N1CC(O)Cn1cc(C=O)c2ccccc21. The number of carbonyl (C=O) groups is 1. The molecule has 1 aliphatic heterocycles. The summed E-state index contributed by atoms with van der Waals surface area (Å²) in [5.74, 6) is 0. The van der Waals surface area contributed by atoms with Crippen LogP contribution in [0, 0.1) is 0 Å². The number of benzene rings is 1. The zero-order valence-electron chi connectivity index (χ0n) is 14.0. The maximum atomic E-state index is 11.2. The molecule has 1 aliphatic rings. The Morgan fingerprint density at radius 2 is 1.91 bits per heavy atom. The lowest BCUT2D eigenvalue weighted by Gasteiger charge is -2.40. The third-order valence-electron chi connectivity index (χ3n) is 5.15. The van der Waals surface area contributed by atoms with Crippen LogP contribution in [0.1, 0.15) is 43.5 Å². The van der Waals surface area contributed by atoms with Crippen molar-refractivity contribution in [2.75, 3.05) is 6.54 Å². The molecule has 0 saturated carbocycles. The molecule has 1 aromatic carbocycles. The molecule has 1 saturated heterocycles. The second-order valence-corrected chi connectivity index (χ2v) is 6.85. The molecule has 124 valence electrons. The Kier molecular flexibility index (Phi) is 4.83. The number of carbonyl (C=O) groups excluding carboxylic acids is 1. The van der Waals surface area contributed by atoms with Crippen molar-refractivity contribution in [2.24, 2.45) is 0 Å². The van der Waals surface area contributed by atoms with Crippen LogP contribution in [0.3, 0.4) is 0 Å². The van der Waals surface area contributed by atoms with Gasteiger partial charge in [0.15, 0.2) is 6.29 Å². The number of aliphatic hydroxyl groups is 1. The summed E-state index contributed by atoms with van der Waals surface area (Å²) in [4.78, 5) is 13.7. The molecule has 0 spiro atoms. The number of para-hydroxylation sites is 1. The van der Waals surface area contributed by atoms with Gasteiger partial charge in [-0.1, -0.05) is 24.6 Å². The fraction of sp³-hybridized carbons (Fsp3) is 0.526. The van der Waals surface area contributed by atoms with Gasteiger partial charge in [0.1, 0.15) is 0 Å². The Bertz CT molecular complexity index is 669. The van der Waals surface area contributed by atoms with E-state index >= 15 is 0 Å². The van der Waals surface area contributed by atoms with Crippen LogP contribution >= 0.6 is 0 Å². The summed E-state index contributed by atoms with van der Waals surface area (Å²) in [5.41, 5.74) is 1.70. The molecule has 23 heavy (non-hydrogen) atoms. The smallest absolute Gasteiger partial charge is 0.152 e. The van der Waals surface area contributed by atoms with Crippen LogP contribution in [-0.4, -0.2) is 45.6 Å². The molecule has 3 atom stereocenters. The third-order valence-corrected chi connectivity index (χ3v) is 5.15. The summed E-state index contributed by atoms with van der Waals surface area (Å²) in [5, 5.41) is 11.5. The highest BCUT2D eigenvalue weighted by atomic mass is 16.3. The highest BCUT2D eigenvalue weighted by Gasteiger charge is 2.26. The Morgan fingerprint density at radius 3 is 2.61 bits per heavy atom. The second kappa shape index (κ2) is 6.85. The van der Waals surface area contributed by atoms with Gasteiger partial charge < -0.3 is 9.67 Å². The molecule has 1 aromatic heterocycles. The van der Waals surface area contributed by atoms with E-state index in [9.17, 15) is 9.90 Å². The van der Waals surface area contributed by atoms with Crippen LogP contribution < -0.4 is 0 Å². The van der Waals surface area contributed by atoms with Crippen molar-refractivity contribution >= 4 is 17.2 Å². The van der Waals surface area contributed by atoms with E-state index in [1.54, 1.807) is 0 Å². The number of piperidine rings is 1. The van der Waals surface area contributed by atoms with Crippen molar-refractivity contribution in [3.8, 4) is 0 Å². The number of hydrogen-bond acceptors (Lipinski definition) is 3. The van der Waals surface area contributed by atoms with Crippen molar-refractivity contribution < 1.29 is 9.90 Å². The van der Waals surface area contributed by atoms with E-state index < -0.39 is 6.10 Å². The van der Waals surface area contributed by atoms with E-state index in [1.807, 2.05) is 35.0 Å². The first-order valence-electron chi connectivity index (χ1n) is 8.57. The minimum Gasteiger partial charge on any atom is -0.390 e. The molecule has 0 bridgehead atoms. The summed E-state index contributed by atoms with van der Waals surface area (Å²) >= 11 is 0. The summed E-state index contributed by atoms with van der Waals surface area (Å²) in [6, 6.07) is 8.92. The minimum atomic E-state index is -0.437. The van der Waals surface area contributed by atoms with Crippen molar-refractivity contribution in [1.29, 1.82) is 0 Å². The van der Waals surface area contributed by atoms with Gasteiger partial charge in [0.2, 0.25) is 0 Å². The third kappa shape index (κ3) is 3.33. The molecular formula is C19H26N2O2. The molecule has 4 heteroatoms. The molecule has 3 rings (SSSR count). The number of fused-ring (bicyclic) bond motifs is 1. The van der Waals surface area contributed by atoms with Crippen molar-refractivity contribution in [3.05, 3.63) is 36.0 Å². The number of nitrogens with zero attached hydrogens (tertiary/aromatic N) is 2. The van der Waals surface area contributed by atoms with Gasteiger partial charge in [-0.15, -0.1) is 0 Å². The van der Waals surface area contributed by atoms with E-state index in [4.69, 9.17) is 0 Å². The van der Waals surface area contributed by atoms with Crippen LogP contribution in [0.2, 0.25) is 0 Å². The number of likely N-dealkylation sites (tertiary alicyclic amines) is 1. The number of β-amino-alcohol motifs (C(OH)–C–C–N with tert-alkyl or cyclic N) is 1. The summed E-state index contributed by atoms with van der Waals surface area (Å²) in [6.45, 7) is 5.70. The number of rotatable bonds is 5. The molecule has 4 nitrogen and oxygen atoms in total. The number of aliphatic hydroxyl groups excluding tert-OH is 1. The van der Waals surface area contributed by atoms with Crippen molar-refractivity contribution in [1.82, 2.24) is 9.47 Å². The van der Waals surface area contributed by atoms with Crippen LogP contribution in [-0.2, 0) is 6.54 Å². The molecule has 2 heterocycles. The zero-order chi connectivity index (χ0) is 16.4. The number of hydrogen-bond donors (Lipinski definition) is 1. The molecule has 0 radical (unpaired) electrons. The lowest BCUT2D eigenvalue weighted by atomic mass is 9.97. The quantitative estimate of drug-likeness (QED) is 0.863. The zero-order valence-corrected chi connectivity index (χ0v) is 14.0. The number of aldehydes is 1. The Labute approximate surface area is 137 Å². The van der Waals surface area contributed by atoms with Gasteiger partial charge in [0, 0.05) is 47.8 Å². The van der Waals surface area contributed by atoms with Crippen LogP contribution in [0.4, 0.5) is 0 Å². The fourth-order valence-corrected chi connectivity index (χ4v) is 3.88. The fourth-order valence-electron chi connectivity index (χ4n) is 3.88. The number of aromatic nitrogens is 1. The topological polar surface area (TPSA) is 45.5 Å².